The van der Waals surface area contributed by atoms with Gasteiger partial charge in [-0.15, -0.1) is 0 Å². The maximum Gasteiger partial charge on any atom is 0.253 e. The van der Waals surface area contributed by atoms with Crippen molar-refractivity contribution in [1.82, 2.24) is 9.55 Å². The standard InChI is InChI=1S/C13H12N2O3/c1-18-11-4-2-10(3-5-11)12(16)8-15-9-14-7-6-13(15)17/h2-7,9H,8H2,1H3. The molecule has 0 aliphatic carbocycles. The van der Waals surface area contributed by atoms with Crippen molar-refractivity contribution >= 4 is 5.78 Å². The Balaban J connectivity index is 2.17. The van der Waals surface area contributed by atoms with Gasteiger partial charge in [-0.2, -0.15) is 0 Å². The van der Waals surface area contributed by atoms with E-state index in [4.69, 9.17) is 4.74 Å². The van der Waals surface area contributed by atoms with Gasteiger partial charge in [-0.25, -0.2) is 4.98 Å². The fourth-order valence-corrected chi connectivity index (χ4v) is 1.52. The van der Waals surface area contributed by atoms with Gasteiger partial charge in [-0.05, 0) is 24.3 Å². The molecule has 0 unspecified atom stereocenters. The minimum atomic E-state index is -0.244. The Hall–Kier alpha value is -2.43. The molecule has 0 fully saturated rings. The first-order valence-corrected chi connectivity index (χ1v) is 5.38. The monoisotopic (exact) mass is 244 g/mol. The van der Waals surface area contributed by atoms with Crippen LogP contribution in [-0.2, 0) is 6.54 Å². The van der Waals surface area contributed by atoms with E-state index >= 15 is 0 Å². The third kappa shape index (κ3) is 2.63. The topological polar surface area (TPSA) is 61.2 Å². The van der Waals surface area contributed by atoms with Crippen molar-refractivity contribution in [1.29, 1.82) is 0 Å². The second-order valence-electron chi connectivity index (χ2n) is 3.70. The zero-order chi connectivity index (χ0) is 13.0. The number of hydrogen-bond donors (Lipinski definition) is 0. The van der Waals surface area contributed by atoms with Gasteiger partial charge in [0.05, 0.1) is 20.0 Å². The average Bonchev–Trinajstić information content (AvgIpc) is 2.41. The molecule has 0 saturated heterocycles. The Morgan fingerprint density at radius 1 is 1.28 bits per heavy atom. The Morgan fingerprint density at radius 2 is 2.00 bits per heavy atom. The van der Waals surface area contributed by atoms with Crippen LogP contribution in [0.15, 0.2) is 47.7 Å². The Labute approximate surface area is 104 Å². The summed E-state index contributed by atoms with van der Waals surface area (Å²) in [6, 6.07) is 8.07. The number of Topliss-reactive ketones (excluding diaryl/α,β-unsaturated/α-hetero) is 1. The third-order valence-electron chi connectivity index (χ3n) is 2.52. The molecule has 92 valence electrons. The molecular weight excluding hydrogens is 232 g/mol. The minimum Gasteiger partial charge on any atom is -0.497 e. The molecule has 1 aromatic carbocycles. The van der Waals surface area contributed by atoms with Gasteiger partial charge in [-0.3, -0.25) is 14.2 Å². The van der Waals surface area contributed by atoms with Crippen LogP contribution in [-0.4, -0.2) is 22.4 Å². The van der Waals surface area contributed by atoms with E-state index in [9.17, 15) is 9.59 Å². The summed E-state index contributed by atoms with van der Waals surface area (Å²) in [4.78, 5) is 27.2. The van der Waals surface area contributed by atoms with Crippen LogP contribution in [0.1, 0.15) is 10.4 Å². The van der Waals surface area contributed by atoms with Crippen LogP contribution in [0.5, 0.6) is 5.75 Å². The number of nitrogens with zero attached hydrogens (tertiary/aromatic N) is 2. The maximum atomic E-state index is 11.9. The van der Waals surface area contributed by atoms with Crippen molar-refractivity contribution < 1.29 is 9.53 Å². The fourth-order valence-electron chi connectivity index (χ4n) is 1.52. The molecule has 1 heterocycles. The molecule has 0 aliphatic heterocycles. The Kier molecular flexibility index (Phi) is 3.52. The number of hydrogen-bond acceptors (Lipinski definition) is 4. The minimum absolute atomic E-state index is 0.0149. The third-order valence-corrected chi connectivity index (χ3v) is 2.52. The predicted octanol–water partition coefficient (Wildman–Crippen LogP) is 1.13. The van der Waals surface area contributed by atoms with Crippen LogP contribution in [0.4, 0.5) is 0 Å². The molecule has 0 spiro atoms. The van der Waals surface area contributed by atoms with Crippen molar-refractivity contribution in [2.24, 2.45) is 0 Å². The first kappa shape index (κ1) is 12.0. The molecule has 0 atom stereocenters. The molecule has 1 aromatic heterocycles. The lowest BCUT2D eigenvalue weighted by atomic mass is 10.1. The van der Waals surface area contributed by atoms with Gasteiger partial charge in [0, 0.05) is 17.8 Å². The second kappa shape index (κ2) is 5.27. The summed E-state index contributed by atoms with van der Waals surface area (Å²) in [6.45, 7) is -0.0149. The van der Waals surface area contributed by atoms with Gasteiger partial charge >= 0.3 is 0 Å². The van der Waals surface area contributed by atoms with Gasteiger partial charge in [0.15, 0.2) is 5.78 Å². The SMILES string of the molecule is COc1ccc(C(=O)Cn2cnccc2=O)cc1. The van der Waals surface area contributed by atoms with Crippen molar-refractivity contribution in [3.05, 3.63) is 58.8 Å². The average molecular weight is 244 g/mol. The van der Waals surface area contributed by atoms with Gasteiger partial charge in [0.2, 0.25) is 0 Å². The van der Waals surface area contributed by atoms with Crippen molar-refractivity contribution in [2.45, 2.75) is 6.54 Å². The largest absolute Gasteiger partial charge is 0.497 e. The molecule has 0 amide bonds. The molecule has 0 radical (unpaired) electrons. The smallest absolute Gasteiger partial charge is 0.253 e. The molecule has 0 N–H and O–H groups in total. The van der Waals surface area contributed by atoms with Crippen LogP contribution >= 0.6 is 0 Å². The first-order valence-electron chi connectivity index (χ1n) is 5.38. The van der Waals surface area contributed by atoms with Crippen LogP contribution in [0.25, 0.3) is 0 Å². The number of ketones is 1. The number of carbonyl (C=O) groups excluding carboxylic acids is 1. The molecule has 0 bridgehead atoms. The highest BCUT2D eigenvalue weighted by molar-refractivity contribution is 5.95. The number of ether oxygens (including phenoxy) is 1. The summed E-state index contributed by atoms with van der Waals surface area (Å²) in [7, 11) is 1.56. The fraction of sp³-hybridized carbons (Fsp3) is 0.154. The Bertz CT molecular complexity index is 602. The lowest BCUT2D eigenvalue weighted by molar-refractivity contribution is 0.0970. The quantitative estimate of drug-likeness (QED) is 0.756. The van der Waals surface area contributed by atoms with Crippen molar-refractivity contribution in [3.8, 4) is 5.75 Å². The summed E-state index contributed by atoms with van der Waals surface area (Å²) < 4.78 is 6.28. The summed E-state index contributed by atoms with van der Waals surface area (Å²) in [5, 5.41) is 0. The van der Waals surface area contributed by atoms with E-state index in [-0.39, 0.29) is 17.9 Å². The molecule has 5 heteroatoms. The summed E-state index contributed by atoms with van der Waals surface area (Å²) in [5.74, 6) is 0.540. The number of rotatable bonds is 4. The summed E-state index contributed by atoms with van der Waals surface area (Å²) in [5.41, 5.74) is 0.290. The highest BCUT2D eigenvalue weighted by Crippen LogP contribution is 2.11. The molecule has 2 rings (SSSR count). The molecule has 0 saturated carbocycles. The van der Waals surface area contributed by atoms with Crippen LogP contribution in [0, 0.1) is 0 Å². The van der Waals surface area contributed by atoms with Gasteiger partial charge in [0.25, 0.3) is 5.56 Å². The lowest BCUT2D eigenvalue weighted by Crippen LogP contribution is -2.23. The van der Waals surface area contributed by atoms with E-state index in [0.717, 1.165) is 0 Å². The molecule has 5 nitrogen and oxygen atoms in total. The molecule has 0 aliphatic rings. The highest BCUT2D eigenvalue weighted by atomic mass is 16.5. The van der Waals surface area contributed by atoms with E-state index in [2.05, 4.69) is 4.98 Å². The number of benzene rings is 1. The highest BCUT2D eigenvalue weighted by Gasteiger charge is 2.07. The molecular formula is C13H12N2O3. The normalized spacial score (nSPS) is 10.1. The zero-order valence-corrected chi connectivity index (χ0v) is 9.87. The number of methoxy groups -OCH3 is 1. The maximum absolute atomic E-state index is 11.9. The van der Waals surface area contributed by atoms with E-state index in [1.54, 1.807) is 31.4 Å². The molecule has 18 heavy (non-hydrogen) atoms. The van der Waals surface area contributed by atoms with Crippen LogP contribution < -0.4 is 10.3 Å². The van der Waals surface area contributed by atoms with Crippen LogP contribution in [0.2, 0.25) is 0 Å². The van der Waals surface area contributed by atoms with Gasteiger partial charge in [0.1, 0.15) is 5.75 Å². The van der Waals surface area contributed by atoms with E-state index in [0.29, 0.717) is 11.3 Å². The molecule has 2 aromatic rings. The Morgan fingerprint density at radius 3 is 2.61 bits per heavy atom. The lowest BCUT2D eigenvalue weighted by Gasteiger charge is -2.04. The van der Waals surface area contributed by atoms with Crippen LogP contribution in [0.3, 0.4) is 0 Å². The van der Waals surface area contributed by atoms with E-state index in [1.807, 2.05) is 0 Å². The number of carbonyl (C=O) groups is 1. The van der Waals surface area contributed by atoms with Crippen molar-refractivity contribution in [3.63, 3.8) is 0 Å². The van der Waals surface area contributed by atoms with E-state index in [1.165, 1.54) is 23.2 Å². The van der Waals surface area contributed by atoms with Crippen molar-refractivity contribution in [2.75, 3.05) is 7.11 Å². The van der Waals surface area contributed by atoms with E-state index < -0.39 is 0 Å². The first-order chi connectivity index (χ1) is 8.70. The summed E-state index contributed by atoms with van der Waals surface area (Å²) in [6.07, 6.45) is 2.75. The second-order valence-corrected chi connectivity index (χ2v) is 3.70. The zero-order valence-electron chi connectivity index (χ0n) is 9.87. The summed E-state index contributed by atoms with van der Waals surface area (Å²) >= 11 is 0. The number of aromatic nitrogens is 2. The predicted molar refractivity (Wildman–Crippen MR) is 65.8 cm³/mol. The van der Waals surface area contributed by atoms with Gasteiger partial charge in [-0.1, -0.05) is 0 Å². The van der Waals surface area contributed by atoms with Gasteiger partial charge < -0.3 is 4.74 Å².